The molecule has 0 aromatic heterocycles. The SMILES string of the molecule is C[C@@H](Oc1ccc(F)cc1)C(=O)N[C@H]1C[C@H]2CC[C@H]1C2. The monoisotopic (exact) mass is 277 g/mol. The summed E-state index contributed by atoms with van der Waals surface area (Å²) >= 11 is 0. The van der Waals surface area contributed by atoms with E-state index in [0.29, 0.717) is 17.7 Å². The van der Waals surface area contributed by atoms with Crippen molar-refractivity contribution in [2.75, 3.05) is 0 Å². The van der Waals surface area contributed by atoms with E-state index in [1.165, 1.54) is 43.5 Å². The average Bonchev–Trinajstić information content (AvgIpc) is 3.03. The molecule has 4 heteroatoms. The number of hydrogen-bond donors (Lipinski definition) is 1. The topological polar surface area (TPSA) is 38.3 Å². The molecule has 3 nitrogen and oxygen atoms in total. The number of hydrogen-bond acceptors (Lipinski definition) is 2. The van der Waals surface area contributed by atoms with Crippen molar-refractivity contribution >= 4 is 5.91 Å². The van der Waals surface area contributed by atoms with Crippen LogP contribution < -0.4 is 10.1 Å². The van der Waals surface area contributed by atoms with E-state index >= 15 is 0 Å². The number of halogens is 1. The maximum atomic E-state index is 12.8. The molecular weight excluding hydrogens is 257 g/mol. The molecule has 2 bridgehead atoms. The third-order valence-corrected chi connectivity index (χ3v) is 4.56. The van der Waals surface area contributed by atoms with E-state index in [4.69, 9.17) is 4.74 Å². The van der Waals surface area contributed by atoms with Gasteiger partial charge in [-0.05, 0) is 62.3 Å². The highest BCUT2D eigenvalue weighted by Gasteiger charge is 2.40. The molecule has 2 fully saturated rings. The predicted molar refractivity (Wildman–Crippen MR) is 73.9 cm³/mol. The van der Waals surface area contributed by atoms with Gasteiger partial charge in [-0.3, -0.25) is 4.79 Å². The summed E-state index contributed by atoms with van der Waals surface area (Å²) < 4.78 is 18.3. The number of benzene rings is 1. The number of amides is 1. The van der Waals surface area contributed by atoms with Gasteiger partial charge >= 0.3 is 0 Å². The van der Waals surface area contributed by atoms with E-state index in [-0.39, 0.29) is 11.7 Å². The van der Waals surface area contributed by atoms with Crippen LogP contribution in [0.4, 0.5) is 4.39 Å². The van der Waals surface area contributed by atoms with Gasteiger partial charge in [-0.1, -0.05) is 6.42 Å². The Morgan fingerprint density at radius 1 is 1.30 bits per heavy atom. The van der Waals surface area contributed by atoms with Gasteiger partial charge in [0.05, 0.1) is 0 Å². The summed E-state index contributed by atoms with van der Waals surface area (Å²) in [7, 11) is 0. The Morgan fingerprint density at radius 3 is 2.65 bits per heavy atom. The predicted octanol–water partition coefficient (Wildman–Crippen LogP) is 2.90. The molecular formula is C16H20FNO2. The zero-order valence-electron chi connectivity index (χ0n) is 11.6. The van der Waals surface area contributed by atoms with Crippen LogP contribution in [-0.4, -0.2) is 18.1 Å². The average molecular weight is 277 g/mol. The molecule has 0 unspecified atom stereocenters. The zero-order chi connectivity index (χ0) is 14.1. The first-order chi connectivity index (χ1) is 9.61. The molecule has 1 amide bonds. The molecule has 2 aliphatic carbocycles. The smallest absolute Gasteiger partial charge is 0.261 e. The van der Waals surface area contributed by atoms with E-state index in [9.17, 15) is 9.18 Å². The fourth-order valence-electron chi connectivity index (χ4n) is 3.49. The molecule has 0 spiro atoms. The molecule has 2 saturated carbocycles. The number of carbonyl (C=O) groups excluding carboxylic acids is 1. The van der Waals surface area contributed by atoms with Crippen LogP contribution in [0.2, 0.25) is 0 Å². The van der Waals surface area contributed by atoms with Crippen molar-refractivity contribution in [3.8, 4) is 5.75 Å². The second-order valence-electron chi connectivity index (χ2n) is 6.00. The highest BCUT2D eigenvalue weighted by molar-refractivity contribution is 5.81. The molecule has 0 aliphatic heterocycles. The lowest BCUT2D eigenvalue weighted by molar-refractivity contribution is -0.128. The summed E-state index contributed by atoms with van der Waals surface area (Å²) in [5.41, 5.74) is 0. The number of nitrogens with one attached hydrogen (secondary N) is 1. The maximum absolute atomic E-state index is 12.8. The van der Waals surface area contributed by atoms with Crippen molar-refractivity contribution in [2.45, 2.75) is 44.8 Å². The van der Waals surface area contributed by atoms with Gasteiger partial charge in [0.15, 0.2) is 6.10 Å². The largest absolute Gasteiger partial charge is 0.481 e. The molecule has 108 valence electrons. The summed E-state index contributed by atoms with van der Waals surface area (Å²) in [4.78, 5) is 12.1. The molecule has 20 heavy (non-hydrogen) atoms. The van der Waals surface area contributed by atoms with Crippen molar-refractivity contribution in [3.05, 3.63) is 30.1 Å². The molecule has 2 aliphatic rings. The van der Waals surface area contributed by atoms with Crippen LogP contribution >= 0.6 is 0 Å². The molecule has 1 aromatic carbocycles. The Labute approximate surface area is 118 Å². The van der Waals surface area contributed by atoms with Crippen LogP contribution in [0.1, 0.15) is 32.6 Å². The standard InChI is InChI=1S/C16H20FNO2/c1-10(20-14-6-4-13(17)5-7-14)16(19)18-15-9-11-2-3-12(15)8-11/h4-7,10-12,15H,2-3,8-9H2,1H3,(H,18,19)/t10-,11+,12+,15+/m1/s1. The van der Waals surface area contributed by atoms with E-state index in [1.54, 1.807) is 6.92 Å². The molecule has 1 aromatic rings. The lowest BCUT2D eigenvalue weighted by Gasteiger charge is -2.24. The van der Waals surface area contributed by atoms with Crippen molar-refractivity contribution in [3.63, 3.8) is 0 Å². The maximum Gasteiger partial charge on any atom is 0.261 e. The minimum atomic E-state index is -0.556. The minimum absolute atomic E-state index is 0.0770. The van der Waals surface area contributed by atoms with Crippen molar-refractivity contribution < 1.29 is 13.9 Å². The van der Waals surface area contributed by atoms with Gasteiger partial charge in [-0.2, -0.15) is 0 Å². The highest BCUT2D eigenvalue weighted by atomic mass is 19.1. The Kier molecular flexibility index (Phi) is 3.64. The van der Waals surface area contributed by atoms with E-state index in [1.807, 2.05) is 0 Å². The van der Waals surface area contributed by atoms with E-state index < -0.39 is 6.10 Å². The van der Waals surface area contributed by atoms with Crippen molar-refractivity contribution in [2.24, 2.45) is 11.8 Å². The van der Waals surface area contributed by atoms with Gasteiger partial charge in [-0.15, -0.1) is 0 Å². The molecule has 1 N–H and O–H groups in total. The van der Waals surface area contributed by atoms with Gasteiger partial charge in [-0.25, -0.2) is 4.39 Å². The third kappa shape index (κ3) is 2.79. The fraction of sp³-hybridized carbons (Fsp3) is 0.562. The molecule has 3 rings (SSSR count). The molecule has 0 radical (unpaired) electrons. The number of ether oxygens (including phenoxy) is 1. The zero-order valence-corrected chi connectivity index (χ0v) is 11.6. The summed E-state index contributed by atoms with van der Waals surface area (Å²) in [6, 6.07) is 6.06. The molecule has 0 saturated heterocycles. The Hall–Kier alpha value is -1.58. The second-order valence-corrected chi connectivity index (χ2v) is 6.00. The summed E-state index contributed by atoms with van der Waals surface area (Å²) in [5.74, 6) is 1.59. The normalized spacial score (nSPS) is 29.2. The van der Waals surface area contributed by atoms with Gasteiger partial charge in [0.1, 0.15) is 11.6 Å². The van der Waals surface area contributed by atoms with Crippen LogP contribution in [0.5, 0.6) is 5.75 Å². The van der Waals surface area contributed by atoms with E-state index in [0.717, 1.165) is 12.3 Å². The molecule has 4 atom stereocenters. The second kappa shape index (κ2) is 5.43. The quantitative estimate of drug-likeness (QED) is 0.919. The lowest BCUT2D eigenvalue weighted by Crippen LogP contribution is -2.44. The van der Waals surface area contributed by atoms with Crippen LogP contribution in [0.15, 0.2) is 24.3 Å². The highest BCUT2D eigenvalue weighted by Crippen LogP contribution is 2.44. The Balaban J connectivity index is 1.53. The number of rotatable bonds is 4. The van der Waals surface area contributed by atoms with Gasteiger partial charge in [0.25, 0.3) is 5.91 Å². The van der Waals surface area contributed by atoms with Gasteiger partial charge in [0, 0.05) is 6.04 Å². The van der Waals surface area contributed by atoms with Crippen molar-refractivity contribution in [1.29, 1.82) is 0 Å². The lowest BCUT2D eigenvalue weighted by atomic mass is 9.95. The summed E-state index contributed by atoms with van der Waals surface area (Å²) in [6.45, 7) is 1.73. The molecule has 0 heterocycles. The summed E-state index contributed by atoms with van der Waals surface area (Å²) in [6.07, 6.45) is 4.37. The first-order valence-electron chi connectivity index (χ1n) is 7.34. The fourth-order valence-corrected chi connectivity index (χ4v) is 3.49. The number of carbonyl (C=O) groups is 1. The minimum Gasteiger partial charge on any atom is -0.481 e. The first-order valence-corrected chi connectivity index (χ1v) is 7.34. The third-order valence-electron chi connectivity index (χ3n) is 4.56. The van der Waals surface area contributed by atoms with Crippen molar-refractivity contribution in [1.82, 2.24) is 5.32 Å². The number of fused-ring (bicyclic) bond motifs is 2. The van der Waals surface area contributed by atoms with Crippen LogP contribution in [0.3, 0.4) is 0 Å². The van der Waals surface area contributed by atoms with Crippen LogP contribution in [-0.2, 0) is 4.79 Å². The van der Waals surface area contributed by atoms with Crippen LogP contribution in [0.25, 0.3) is 0 Å². The summed E-state index contributed by atoms with van der Waals surface area (Å²) in [5, 5.41) is 3.10. The van der Waals surface area contributed by atoms with Gasteiger partial charge in [0.2, 0.25) is 0 Å². The van der Waals surface area contributed by atoms with Crippen LogP contribution in [0, 0.1) is 17.7 Å². The van der Waals surface area contributed by atoms with E-state index in [2.05, 4.69) is 5.32 Å². The first kappa shape index (κ1) is 13.4. The Bertz CT molecular complexity index is 488. The van der Waals surface area contributed by atoms with Gasteiger partial charge < -0.3 is 10.1 Å². The Morgan fingerprint density at radius 2 is 2.05 bits per heavy atom.